The van der Waals surface area contributed by atoms with Crippen molar-refractivity contribution in [2.24, 2.45) is 4.99 Å². The van der Waals surface area contributed by atoms with Crippen molar-refractivity contribution in [2.75, 3.05) is 65.0 Å². The minimum atomic E-state index is 0. The van der Waals surface area contributed by atoms with E-state index in [1.54, 1.807) is 20.5 Å². The molecule has 1 aliphatic heterocycles. The van der Waals surface area contributed by atoms with Crippen LogP contribution in [0.15, 0.2) is 52.1 Å². The summed E-state index contributed by atoms with van der Waals surface area (Å²) in [4.78, 5) is 9.43. The van der Waals surface area contributed by atoms with Gasteiger partial charge in [-0.3, -0.25) is 4.99 Å². The number of hydrogen-bond acceptors (Lipinski definition) is 5. The molecule has 1 aromatic carbocycles. The van der Waals surface area contributed by atoms with Gasteiger partial charge in [-0.25, -0.2) is 0 Å². The smallest absolute Gasteiger partial charge is 0.194 e. The first-order valence-electron chi connectivity index (χ1n) is 9.73. The number of benzene rings is 1. The van der Waals surface area contributed by atoms with Crippen LogP contribution in [0.3, 0.4) is 0 Å². The number of hydrogen-bond donors (Lipinski definition) is 1. The van der Waals surface area contributed by atoms with Gasteiger partial charge < -0.3 is 29.0 Å². The van der Waals surface area contributed by atoms with Crippen molar-refractivity contribution in [1.29, 1.82) is 0 Å². The van der Waals surface area contributed by atoms with Crippen LogP contribution in [-0.4, -0.2) is 71.0 Å². The summed E-state index contributed by atoms with van der Waals surface area (Å²) >= 11 is 0. The van der Waals surface area contributed by atoms with Gasteiger partial charge in [-0.15, -0.1) is 24.0 Å². The van der Waals surface area contributed by atoms with Gasteiger partial charge in [-0.05, 0) is 36.4 Å². The summed E-state index contributed by atoms with van der Waals surface area (Å²) in [6.45, 7) is 5.81. The van der Waals surface area contributed by atoms with Gasteiger partial charge in [0.15, 0.2) is 5.96 Å². The monoisotopic (exact) mass is 514 g/mol. The van der Waals surface area contributed by atoms with E-state index in [1.165, 1.54) is 5.69 Å². The van der Waals surface area contributed by atoms with E-state index >= 15 is 0 Å². The molecule has 1 fully saturated rings. The van der Waals surface area contributed by atoms with Crippen molar-refractivity contribution in [3.8, 4) is 5.75 Å². The third kappa shape index (κ3) is 7.11. The second-order valence-corrected chi connectivity index (χ2v) is 6.63. The predicted molar refractivity (Wildman–Crippen MR) is 127 cm³/mol. The Morgan fingerprint density at radius 2 is 1.86 bits per heavy atom. The first-order chi connectivity index (χ1) is 13.8. The molecule has 2 aromatic rings. The van der Waals surface area contributed by atoms with Crippen molar-refractivity contribution < 1.29 is 13.9 Å². The van der Waals surface area contributed by atoms with Crippen LogP contribution in [0.4, 0.5) is 5.69 Å². The number of piperazine rings is 1. The zero-order valence-corrected chi connectivity index (χ0v) is 19.5. The number of ether oxygens (including phenoxy) is 2. The van der Waals surface area contributed by atoms with Crippen LogP contribution in [-0.2, 0) is 11.2 Å². The highest BCUT2D eigenvalue weighted by Gasteiger charge is 2.20. The van der Waals surface area contributed by atoms with Crippen LogP contribution in [0.2, 0.25) is 0 Å². The first-order valence-corrected chi connectivity index (χ1v) is 9.73. The lowest BCUT2D eigenvalue weighted by molar-refractivity contribution is 0.207. The van der Waals surface area contributed by atoms with E-state index in [4.69, 9.17) is 18.9 Å². The summed E-state index contributed by atoms with van der Waals surface area (Å²) in [5.41, 5.74) is 1.23. The zero-order chi connectivity index (χ0) is 19.6. The standard InChI is InChI=1S/C21H30N4O3.HI/c1-26-17-11-23-21(22-10-9-20-4-3-16-28-20)25-14-12-24(13-15-25)18-5-7-19(27-2)8-6-18;/h3-8,16H,9-15,17H2,1-2H3,(H,22,23);1H. The Bertz CT molecular complexity index is 714. The summed E-state index contributed by atoms with van der Waals surface area (Å²) in [5.74, 6) is 2.81. The van der Waals surface area contributed by atoms with Crippen molar-refractivity contribution in [1.82, 2.24) is 10.2 Å². The molecule has 0 saturated carbocycles. The third-order valence-corrected chi connectivity index (χ3v) is 4.81. The maximum Gasteiger partial charge on any atom is 0.194 e. The third-order valence-electron chi connectivity index (χ3n) is 4.81. The zero-order valence-electron chi connectivity index (χ0n) is 17.2. The molecule has 0 radical (unpaired) electrons. The number of aliphatic imine (C=N–C) groups is 1. The highest BCUT2D eigenvalue weighted by atomic mass is 127. The minimum absolute atomic E-state index is 0. The van der Waals surface area contributed by atoms with Crippen molar-refractivity contribution in [2.45, 2.75) is 6.42 Å². The number of rotatable bonds is 8. The molecule has 2 heterocycles. The van der Waals surface area contributed by atoms with Gasteiger partial charge in [-0.1, -0.05) is 0 Å². The van der Waals surface area contributed by atoms with Crippen molar-refractivity contribution in [3.63, 3.8) is 0 Å². The molecule has 0 spiro atoms. The predicted octanol–water partition coefficient (Wildman–Crippen LogP) is 2.86. The molecule has 0 atom stereocenters. The average Bonchev–Trinajstić information content (AvgIpc) is 3.26. The van der Waals surface area contributed by atoms with E-state index in [0.717, 1.165) is 56.6 Å². The van der Waals surface area contributed by atoms with Gasteiger partial charge >= 0.3 is 0 Å². The van der Waals surface area contributed by atoms with Crippen LogP contribution in [0.5, 0.6) is 5.75 Å². The topological polar surface area (TPSA) is 62.5 Å². The minimum Gasteiger partial charge on any atom is -0.497 e. The highest BCUT2D eigenvalue weighted by Crippen LogP contribution is 2.20. The number of furan rings is 1. The fourth-order valence-electron chi connectivity index (χ4n) is 3.23. The van der Waals surface area contributed by atoms with Gasteiger partial charge in [0.05, 0.1) is 26.5 Å². The summed E-state index contributed by atoms with van der Waals surface area (Å²) in [6, 6.07) is 12.2. The van der Waals surface area contributed by atoms with Gasteiger partial charge in [0.2, 0.25) is 0 Å². The number of nitrogens with one attached hydrogen (secondary N) is 1. The van der Waals surface area contributed by atoms with Crippen LogP contribution in [0.25, 0.3) is 0 Å². The highest BCUT2D eigenvalue weighted by molar-refractivity contribution is 14.0. The molecule has 7 nitrogen and oxygen atoms in total. The maximum atomic E-state index is 5.41. The van der Waals surface area contributed by atoms with Crippen LogP contribution in [0, 0.1) is 0 Å². The second-order valence-electron chi connectivity index (χ2n) is 6.63. The van der Waals surface area contributed by atoms with E-state index in [-0.39, 0.29) is 24.0 Å². The molecular formula is C21H31IN4O3. The normalized spacial score (nSPS) is 14.5. The van der Waals surface area contributed by atoms with Crippen LogP contribution < -0.4 is 15.0 Å². The molecule has 1 aliphatic rings. The van der Waals surface area contributed by atoms with Gasteiger partial charge in [0.25, 0.3) is 0 Å². The van der Waals surface area contributed by atoms with Crippen LogP contribution >= 0.6 is 24.0 Å². The molecule has 1 aromatic heterocycles. The average molecular weight is 514 g/mol. The first kappa shape index (κ1) is 23.3. The van der Waals surface area contributed by atoms with Gasteiger partial charge in [-0.2, -0.15) is 0 Å². The fraction of sp³-hybridized carbons (Fsp3) is 0.476. The van der Waals surface area contributed by atoms with Crippen molar-refractivity contribution >= 4 is 35.6 Å². The molecule has 3 rings (SSSR count). The largest absolute Gasteiger partial charge is 0.497 e. The Morgan fingerprint density at radius 3 is 2.48 bits per heavy atom. The lowest BCUT2D eigenvalue weighted by atomic mass is 10.2. The molecule has 1 saturated heterocycles. The number of halogens is 1. The Balaban J connectivity index is 0.00000300. The Labute approximate surface area is 190 Å². The molecular weight excluding hydrogens is 483 g/mol. The molecule has 1 N–H and O–H groups in total. The molecule has 8 heteroatoms. The SMILES string of the molecule is COCCN=C(NCCc1ccco1)N1CCN(c2ccc(OC)cc2)CC1.I. The Kier molecular flexibility index (Phi) is 10.1. The van der Waals surface area contributed by atoms with E-state index in [9.17, 15) is 0 Å². The van der Waals surface area contributed by atoms with Crippen molar-refractivity contribution in [3.05, 3.63) is 48.4 Å². The van der Waals surface area contributed by atoms with E-state index in [1.807, 2.05) is 24.3 Å². The van der Waals surface area contributed by atoms with E-state index in [0.29, 0.717) is 13.2 Å². The maximum absolute atomic E-state index is 5.41. The fourth-order valence-corrected chi connectivity index (χ4v) is 3.23. The second kappa shape index (κ2) is 12.6. The summed E-state index contributed by atoms with van der Waals surface area (Å²) < 4.78 is 15.8. The molecule has 160 valence electrons. The Morgan fingerprint density at radius 1 is 1.10 bits per heavy atom. The van der Waals surface area contributed by atoms with E-state index in [2.05, 4.69) is 27.2 Å². The number of guanidine groups is 1. The molecule has 0 aliphatic carbocycles. The summed E-state index contributed by atoms with van der Waals surface area (Å²) in [7, 11) is 3.39. The molecule has 0 amide bonds. The lowest BCUT2D eigenvalue weighted by Gasteiger charge is -2.37. The molecule has 0 bridgehead atoms. The summed E-state index contributed by atoms with van der Waals surface area (Å²) in [5, 5.41) is 3.48. The number of nitrogens with zero attached hydrogens (tertiary/aromatic N) is 3. The van der Waals surface area contributed by atoms with E-state index < -0.39 is 0 Å². The Hall–Kier alpha value is -1.94. The quantitative estimate of drug-likeness (QED) is 0.253. The lowest BCUT2D eigenvalue weighted by Crippen LogP contribution is -2.53. The summed E-state index contributed by atoms with van der Waals surface area (Å²) in [6.07, 6.45) is 2.55. The van der Waals surface area contributed by atoms with Crippen LogP contribution in [0.1, 0.15) is 5.76 Å². The number of anilines is 1. The van der Waals surface area contributed by atoms with Gasteiger partial charge in [0, 0.05) is 51.9 Å². The molecule has 29 heavy (non-hydrogen) atoms. The number of methoxy groups -OCH3 is 2. The molecule has 0 unspecified atom stereocenters. The van der Waals surface area contributed by atoms with Gasteiger partial charge in [0.1, 0.15) is 11.5 Å².